The van der Waals surface area contributed by atoms with Crippen LogP contribution in [-0.2, 0) is 4.79 Å². The Bertz CT molecular complexity index is 193. The number of fused-ring (bicyclic) bond motifs is 1. The van der Waals surface area contributed by atoms with E-state index in [0.717, 1.165) is 0 Å². The Hall–Kier alpha value is -0.160. The van der Waals surface area contributed by atoms with Gasteiger partial charge < -0.3 is 0 Å². The van der Waals surface area contributed by atoms with Crippen LogP contribution in [0.3, 0.4) is 0 Å². The molecular formula is C4H3NO2S2. The van der Waals surface area contributed by atoms with Gasteiger partial charge in [-0.25, -0.2) is 0 Å². The lowest BCUT2D eigenvalue weighted by Gasteiger charge is -2.04. The first-order valence-corrected chi connectivity index (χ1v) is 4.26. The third-order valence-corrected chi connectivity index (χ3v) is 3.78. The molecule has 9 heavy (non-hydrogen) atoms. The molecule has 2 aliphatic rings. The second-order valence-electron chi connectivity index (χ2n) is 1.82. The lowest BCUT2D eigenvalue weighted by molar-refractivity contribution is -0.118. The van der Waals surface area contributed by atoms with Crippen molar-refractivity contribution in [1.82, 2.24) is 5.32 Å². The molecule has 2 rings (SSSR count). The molecule has 2 saturated heterocycles. The van der Waals surface area contributed by atoms with Gasteiger partial charge in [-0.15, -0.1) is 11.8 Å². The van der Waals surface area contributed by atoms with Gasteiger partial charge in [-0.3, -0.25) is 14.9 Å². The van der Waals surface area contributed by atoms with Crippen molar-refractivity contribution in [2.24, 2.45) is 0 Å². The molecule has 2 atom stereocenters. The maximum absolute atomic E-state index is 10.7. The van der Waals surface area contributed by atoms with Crippen molar-refractivity contribution in [1.29, 1.82) is 0 Å². The number of thioether (sulfide) groups is 2. The smallest absolute Gasteiger partial charge is 0.286 e. The van der Waals surface area contributed by atoms with Gasteiger partial charge in [0.15, 0.2) is 0 Å². The van der Waals surface area contributed by atoms with Gasteiger partial charge in [0.05, 0.1) is 4.58 Å². The van der Waals surface area contributed by atoms with Gasteiger partial charge in [0.25, 0.3) is 5.24 Å². The van der Waals surface area contributed by atoms with Crippen LogP contribution in [0.15, 0.2) is 0 Å². The molecule has 0 saturated carbocycles. The Balaban J connectivity index is 2.15. The molecule has 1 N–H and O–H groups in total. The highest BCUT2D eigenvalue weighted by Crippen LogP contribution is 2.51. The fraction of sp³-hybridized carbons (Fsp3) is 0.500. The molecule has 2 amide bonds. The Morgan fingerprint density at radius 1 is 1.44 bits per heavy atom. The highest BCUT2D eigenvalue weighted by molar-refractivity contribution is 8.30. The number of imide groups is 1. The molecule has 3 nitrogen and oxygen atoms in total. The quantitative estimate of drug-likeness (QED) is 0.523. The molecule has 5 heteroatoms. The zero-order chi connectivity index (χ0) is 6.43. The standard InChI is InChI=1S/C4H3NO2S2/c6-2-1-3(8-1)9-4(7)5-2/h1,3H,(H,5,6,7). The summed E-state index contributed by atoms with van der Waals surface area (Å²) in [5.41, 5.74) is 0. The van der Waals surface area contributed by atoms with E-state index in [2.05, 4.69) is 5.32 Å². The lowest BCUT2D eigenvalue weighted by Crippen LogP contribution is -2.35. The van der Waals surface area contributed by atoms with Crippen molar-refractivity contribution in [3.8, 4) is 0 Å². The molecule has 0 aromatic carbocycles. The average molecular weight is 161 g/mol. The highest BCUT2D eigenvalue weighted by Gasteiger charge is 2.50. The van der Waals surface area contributed by atoms with E-state index in [-0.39, 0.29) is 21.0 Å². The molecule has 0 radical (unpaired) electrons. The predicted octanol–water partition coefficient (Wildman–Crippen LogP) is 0.411. The van der Waals surface area contributed by atoms with E-state index in [4.69, 9.17) is 0 Å². The molecule has 0 aliphatic carbocycles. The van der Waals surface area contributed by atoms with Crippen LogP contribution in [0.5, 0.6) is 0 Å². The van der Waals surface area contributed by atoms with Gasteiger partial charge in [0.2, 0.25) is 5.91 Å². The largest absolute Gasteiger partial charge is 0.286 e. The molecule has 2 fully saturated rings. The van der Waals surface area contributed by atoms with E-state index in [0.29, 0.717) is 0 Å². The first kappa shape index (κ1) is 5.61. The molecule has 0 bridgehead atoms. The molecule has 2 unspecified atom stereocenters. The topological polar surface area (TPSA) is 46.2 Å². The van der Waals surface area contributed by atoms with Gasteiger partial charge in [-0.2, -0.15) is 0 Å². The second kappa shape index (κ2) is 1.67. The number of nitrogens with one attached hydrogen (secondary N) is 1. The molecule has 0 aromatic heterocycles. The first-order valence-electron chi connectivity index (χ1n) is 2.44. The summed E-state index contributed by atoms with van der Waals surface area (Å²) >= 11 is 2.75. The van der Waals surface area contributed by atoms with Crippen molar-refractivity contribution in [3.63, 3.8) is 0 Å². The van der Waals surface area contributed by atoms with Crippen molar-refractivity contribution in [2.75, 3.05) is 0 Å². The second-order valence-corrected chi connectivity index (χ2v) is 4.52. The fourth-order valence-electron chi connectivity index (χ4n) is 0.681. The van der Waals surface area contributed by atoms with Gasteiger partial charge in [-0.1, -0.05) is 0 Å². The van der Waals surface area contributed by atoms with Crippen molar-refractivity contribution >= 4 is 34.7 Å². The Morgan fingerprint density at radius 3 is 2.89 bits per heavy atom. The number of hydrogen-bond acceptors (Lipinski definition) is 4. The maximum atomic E-state index is 10.7. The van der Waals surface area contributed by atoms with E-state index in [9.17, 15) is 9.59 Å². The summed E-state index contributed by atoms with van der Waals surface area (Å²) in [6.45, 7) is 0. The van der Waals surface area contributed by atoms with Gasteiger partial charge in [0.1, 0.15) is 5.25 Å². The summed E-state index contributed by atoms with van der Waals surface area (Å²) in [6, 6.07) is 0. The Labute approximate surface area is 59.9 Å². The number of rotatable bonds is 0. The van der Waals surface area contributed by atoms with E-state index >= 15 is 0 Å². The van der Waals surface area contributed by atoms with E-state index in [1.54, 1.807) is 11.8 Å². The number of amides is 2. The lowest BCUT2D eigenvalue weighted by atomic mass is 10.4. The molecule has 0 spiro atoms. The fourth-order valence-corrected chi connectivity index (χ4v) is 2.81. The summed E-state index contributed by atoms with van der Waals surface area (Å²) in [5, 5.41) is 2.10. The first-order chi connectivity index (χ1) is 4.27. The minimum Gasteiger partial charge on any atom is -0.286 e. The minimum absolute atomic E-state index is 0.0627. The summed E-state index contributed by atoms with van der Waals surface area (Å²) in [4.78, 5) is 21.2. The van der Waals surface area contributed by atoms with Crippen LogP contribution < -0.4 is 5.32 Å². The average Bonchev–Trinajstić information content (AvgIpc) is 2.43. The molecule has 0 aromatic rings. The SMILES string of the molecule is O=C1NC(=O)C2SC2S1. The normalized spacial score (nSPS) is 39.6. The van der Waals surface area contributed by atoms with Crippen LogP contribution in [0.2, 0.25) is 0 Å². The molecule has 2 heterocycles. The monoisotopic (exact) mass is 161 g/mol. The Morgan fingerprint density at radius 2 is 2.22 bits per heavy atom. The van der Waals surface area contributed by atoms with Crippen LogP contribution >= 0.6 is 23.5 Å². The molecule has 2 aliphatic heterocycles. The summed E-state index contributed by atoms with van der Waals surface area (Å²) in [5.74, 6) is -0.117. The Kier molecular flexibility index (Phi) is 1.04. The zero-order valence-corrected chi connectivity index (χ0v) is 5.92. The van der Waals surface area contributed by atoms with Crippen molar-refractivity contribution in [3.05, 3.63) is 0 Å². The van der Waals surface area contributed by atoms with Crippen LogP contribution in [0.4, 0.5) is 4.79 Å². The zero-order valence-electron chi connectivity index (χ0n) is 4.29. The predicted molar refractivity (Wildman–Crippen MR) is 36.3 cm³/mol. The van der Waals surface area contributed by atoms with Crippen LogP contribution in [0.25, 0.3) is 0 Å². The molecule has 48 valence electrons. The maximum Gasteiger partial charge on any atom is 0.286 e. The van der Waals surface area contributed by atoms with E-state index in [1.807, 2.05) is 0 Å². The van der Waals surface area contributed by atoms with Crippen molar-refractivity contribution in [2.45, 2.75) is 9.83 Å². The van der Waals surface area contributed by atoms with Gasteiger partial charge in [0, 0.05) is 0 Å². The highest BCUT2D eigenvalue weighted by atomic mass is 32.2. The van der Waals surface area contributed by atoms with E-state index in [1.165, 1.54) is 11.8 Å². The van der Waals surface area contributed by atoms with Gasteiger partial charge >= 0.3 is 0 Å². The van der Waals surface area contributed by atoms with Crippen LogP contribution in [0.1, 0.15) is 0 Å². The van der Waals surface area contributed by atoms with Crippen molar-refractivity contribution < 1.29 is 9.59 Å². The third kappa shape index (κ3) is 0.840. The van der Waals surface area contributed by atoms with E-state index < -0.39 is 0 Å². The molecular weight excluding hydrogens is 158 g/mol. The minimum atomic E-state index is -0.203. The summed E-state index contributed by atoms with van der Waals surface area (Å²) < 4.78 is 0.228. The van der Waals surface area contributed by atoms with Crippen LogP contribution in [-0.4, -0.2) is 21.0 Å². The van der Waals surface area contributed by atoms with Crippen LogP contribution in [0, 0.1) is 0 Å². The third-order valence-electron chi connectivity index (χ3n) is 1.16. The summed E-state index contributed by atoms with van der Waals surface area (Å²) in [7, 11) is 0. The number of carbonyl (C=O) groups is 2. The van der Waals surface area contributed by atoms with Gasteiger partial charge in [-0.05, 0) is 11.8 Å². The number of carbonyl (C=O) groups excluding carboxylic acids is 2. The number of hydrogen-bond donors (Lipinski definition) is 1. The summed E-state index contributed by atoms with van der Waals surface area (Å²) in [6.07, 6.45) is 0.